The van der Waals surface area contributed by atoms with Crippen molar-refractivity contribution in [2.24, 2.45) is 0 Å². The molecule has 0 aromatic heterocycles. The fourth-order valence-corrected chi connectivity index (χ4v) is 0.973. The summed E-state index contributed by atoms with van der Waals surface area (Å²) in [6.07, 6.45) is 0.736. The Morgan fingerprint density at radius 1 is 1.40 bits per heavy atom. The van der Waals surface area contributed by atoms with E-state index in [9.17, 15) is 9.59 Å². The summed E-state index contributed by atoms with van der Waals surface area (Å²) in [4.78, 5) is 21.8. The van der Waals surface area contributed by atoms with Crippen LogP contribution in [0.3, 0.4) is 0 Å². The highest BCUT2D eigenvalue weighted by atomic mass is 80.0. The molecule has 0 aliphatic rings. The van der Waals surface area contributed by atoms with Crippen LogP contribution in [0, 0.1) is 0 Å². The van der Waals surface area contributed by atoms with Crippen molar-refractivity contribution < 1.29 is 19.4 Å². The summed E-state index contributed by atoms with van der Waals surface area (Å²) in [6.45, 7) is 3.00. The highest BCUT2D eigenvalue weighted by molar-refractivity contribution is 9.40. The van der Waals surface area contributed by atoms with Crippen molar-refractivity contribution in [1.29, 1.82) is 0 Å². The zero-order chi connectivity index (χ0) is 12.2. The van der Waals surface area contributed by atoms with E-state index < -0.39 is 20.2 Å². The molecule has 0 aliphatic heterocycles. The molecule has 4 nitrogen and oxygen atoms in total. The third-order valence-electron chi connectivity index (χ3n) is 1.35. The number of esters is 1. The molecule has 0 spiro atoms. The molecule has 7 heteroatoms. The van der Waals surface area contributed by atoms with Crippen LogP contribution in [-0.2, 0) is 14.3 Å². The van der Waals surface area contributed by atoms with Gasteiger partial charge in [-0.05, 0) is 67.7 Å². The first-order valence-electron chi connectivity index (χ1n) is 3.84. The fourth-order valence-electron chi connectivity index (χ4n) is 0.693. The zero-order valence-electron chi connectivity index (χ0n) is 7.96. The molecule has 0 radical (unpaired) electrons. The van der Waals surface area contributed by atoms with Gasteiger partial charge in [-0.3, -0.25) is 0 Å². The Morgan fingerprint density at radius 3 is 2.20 bits per heavy atom. The van der Waals surface area contributed by atoms with Gasteiger partial charge < -0.3 is 9.84 Å². The average molecular weight is 409 g/mol. The van der Waals surface area contributed by atoms with Crippen molar-refractivity contribution >= 4 is 59.7 Å². The van der Waals surface area contributed by atoms with Gasteiger partial charge in [-0.1, -0.05) is 0 Å². The van der Waals surface area contributed by atoms with Crippen LogP contribution in [-0.4, -0.2) is 25.3 Å². The monoisotopic (exact) mass is 406 g/mol. The second kappa shape index (κ2) is 6.00. The molecule has 0 bridgehead atoms. The van der Waals surface area contributed by atoms with Crippen molar-refractivity contribution in [2.75, 3.05) is 0 Å². The van der Waals surface area contributed by atoms with E-state index in [-0.39, 0.29) is 5.57 Å². The van der Waals surface area contributed by atoms with Gasteiger partial charge in [0, 0.05) is 5.57 Å². The molecule has 1 N–H and O–H groups in total. The van der Waals surface area contributed by atoms with Gasteiger partial charge in [-0.2, -0.15) is 0 Å². The van der Waals surface area contributed by atoms with E-state index in [0.29, 0.717) is 0 Å². The van der Waals surface area contributed by atoms with Gasteiger partial charge in [-0.15, -0.1) is 0 Å². The van der Waals surface area contributed by atoms with Gasteiger partial charge in [0.15, 0.2) is 0 Å². The standard InChI is InChI=1S/C8H9Br3O4/c1-4(6(12)13)3-5(2)15-7(14)8(9,10)11/h3,5H,1-2H3,(H,12,13). The Labute approximate surface area is 112 Å². The van der Waals surface area contributed by atoms with E-state index in [0.717, 1.165) is 0 Å². The van der Waals surface area contributed by atoms with Crippen molar-refractivity contribution in [3.05, 3.63) is 11.6 Å². The fraction of sp³-hybridized carbons (Fsp3) is 0.500. The van der Waals surface area contributed by atoms with Crippen LogP contribution in [0.1, 0.15) is 13.8 Å². The van der Waals surface area contributed by atoms with E-state index in [1.54, 1.807) is 6.92 Å². The quantitative estimate of drug-likeness (QED) is 0.443. The number of carboxylic acid groups (broad SMARTS) is 1. The molecule has 1 unspecified atom stereocenters. The van der Waals surface area contributed by atoms with Gasteiger partial charge in [0.25, 0.3) is 0 Å². The minimum Gasteiger partial charge on any atom is -0.478 e. The molecule has 1 atom stereocenters. The minimum absolute atomic E-state index is 0.125. The summed E-state index contributed by atoms with van der Waals surface area (Å²) in [5.74, 6) is -1.63. The number of alkyl halides is 3. The third-order valence-corrected chi connectivity index (χ3v) is 2.32. The Hall–Kier alpha value is 0.120. The lowest BCUT2D eigenvalue weighted by molar-refractivity contribution is -0.144. The predicted octanol–water partition coefficient (Wildman–Crippen LogP) is 2.79. The number of aliphatic carboxylic acids is 1. The molecule has 0 aliphatic carbocycles. The van der Waals surface area contributed by atoms with Crippen LogP contribution in [0.15, 0.2) is 11.6 Å². The van der Waals surface area contributed by atoms with Crippen molar-refractivity contribution in [2.45, 2.75) is 22.1 Å². The minimum atomic E-state index is -1.13. The summed E-state index contributed by atoms with van der Waals surface area (Å²) >= 11 is 8.97. The molecule has 86 valence electrons. The summed E-state index contributed by atoms with van der Waals surface area (Å²) < 4.78 is 3.78. The lowest BCUT2D eigenvalue weighted by atomic mass is 10.2. The molecule has 0 aromatic carbocycles. The highest BCUT2D eigenvalue weighted by Gasteiger charge is 2.31. The number of carbonyl (C=O) groups excluding carboxylic acids is 1. The lowest BCUT2D eigenvalue weighted by Gasteiger charge is -2.15. The van der Waals surface area contributed by atoms with E-state index in [1.807, 2.05) is 0 Å². The third kappa shape index (κ3) is 6.32. The smallest absolute Gasteiger partial charge is 0.345 e. The highest BCUT2D eigenvalue weighted by Crippen LogP contribution is 2.35. The first-order valence-corrected chi connectivity index (χ1v) is 6.22. The van der Waals surface area contributed by atoms with E-state index >= 15 is 0 Å². The maximum absolute atomic E-state index is 11.3. The number of hydrogen-bond donors (Lipinski definition) is 1. The van der Waals surface area contributed by atoms with Gasteiger partial charge in [0.2, 0.25) is 2.14 Å². The van der Waals surface area contributed by atoms with Crippen LogP contribution in [0.25, 0.3) is 0 Å². The van der Waals surface area contributed by atoms with E-state index in [2.05, 4.69) is 47.8 Å². The molecule has 0 saturated heterocycles. The molecular formula is C8H9Br3O4. The van der Waals surface area contributed by atoms with Gasteiger partial charge >= 0.3 is 11.9 Å². The first kappa shape index (κ1) is 15.1. The van der Waals surface area contributed by atoms with Gasteiger partial charge in [-0.25, -0.2) is 9.59 Å². The second-order valence-electron chi connectivity index (χ2n) is 2.76. The van der Waals surface area contributed by atoms with E-state index in [1.165, 1.54) is 13.0 Å². The number of hydrogen-bond acceptors (Lipinski definition) is 3. The number of carboxylic acids is 1. The molecule has 0 rings (SSSR count). The van der Waals surface area contributed by atoms with Crippen molar-refractivity contribution in [1.82, 2.24) is 0 Å². The Balaban J connectivity index is 4.40. The normalized spacial score (nSPS) is 14.6. The topological polar surface area (TPSA) is 63.6 Å². The maximum atomic E-state index is 11.3. The Morgan fingerprint density at radius 2 is 1.87 bits per heavy atom. The molecule has 0 saturated carbocycles. The molecule has 0 heterocycles. The van der Waals surface area contributed by atoms with E-state index in [4.69, 9.17) is 9.84 Å². The number of rotatable bonds is 3. The van der Waals surface area contributed by atoms with Crippen LogP contribution in [0.4, 0.5) is 0 Å². The summed E-state index contributed by atoms with van der Waals surface area (Å²) in [7, 11) is 0. The molecule has 0 fully saturated rings. The molecule has 0 amide bonds. The first-order chi connectivity index (χ1) is 6.64. The summed E-state index contributed by atoms with van der Waals surface area (Å²) in [6, 6.07) is 0. The summed E-state index contributed by atoms with van der Waals surface area (Å²) in [5.41, 5.74) is 0.125. The van der Waals surface area contributed by atoms with Crippen LogP contribution < -0.4 is 0 Å². The summed E-state index contributed by atoms with van der Waals surface area (Å²) in [5, 5.41) is 8.59. The van der Waals surface area contributed by atoms with Crippen LogP contribution in [0.5, 0.6) is 0 Å². The number of ether oxygens (including phenoxy) is 1. The molecule has 15 heavy (non-hydrogen) atoms. The predicted molar refractivity (Wildman–Crippen MR) is 66.5 cm³/mol. The van der Waals surface area contributed by atoms with Gasteiger partial charge in [0.1, 0.15) is 6.10 Å². The van der Waals surface area contributed by atoms with Crippen LogP contribution >= 0.6 is 47.8 Å². The zero-order valence-corrected chi connectivity index (χ0v) is 12.7. The number of carbonyl (C=O) groups is 2. The van der Waals surface area contributed by atoms with Gasteiger partial charge in [0.05, 0.1) is 0 Å². The maximum Gasteiger partial charge on any atom is 0.345 e. The lowest BCUT2D eigenvalue weighted by Crippen LogP contribution is -2.24. The van der Waals surface area contributed by atoms with Crippen molar-refractivity contribution in [3.63, 3.8) is 0 Å². The second-order valence-corrected chi connectivity index (χ2v) is 9.52. The SMILES string of the molecule is CC(=CC(C)OC(=O)C(Br)(Br)Br)C(=O)O. The molecule has 0 aromatic rings. The Bertz CT molecular complexity index is 293. The van der Waals surface area contributed by atoms with Crippen molar-refractivity contribution in [3.8, 4) is 0 Å². The van der Waals surface area contributed by atoms with Crippen LogP contribution in [0.2, 0.25) is 0 Å². The molecular weight excluding hydrogens is 400 g/mol. The Kier molecular flexibility index (Phi) is 6.05. The largest absolute Gasteiger partial charge is 0.478 e. The number of halogens is 3. The average Bonchev–Trinajstić information content (AvgIpc) is 2.01.